The van der Waals surface area contributed by atoms with Crippen LogP contribution in [0.2, 0.25) is 10.0 Å². The number of halogens is 2. The lowest BCUT2D eigenvalue weighted by atomic mass is 10.1. The highest BCUT2D eigenvalue weighted by Gasteiger charge is 2.14. The summed E-state index contributed by atoms with van der Waals surface area (Å²) in [5.41, 5.74) is 3.40. The van der Waals surface area contributed by atoms with Crippen molar-refractivity contribution in [2.75, 3.05) is 12.4 Å². The number of carbonyl (C=O) groups excluding carboxylic acids is 1. The van der Waals surface area contributed by atoms with E-state index in [2.05, 4.69) is 10.7 Å². The number of aromatic nitrogens is 2. The lowest BCUT2D eigenvalue weighted by Gasteiger charge is -2.11. The Hall–Kier alpha value is -2.67. The van der Waals surface area contributed by atoms with E-state index in [1.807, 2.05) is 31.2 Å². The van der Waals surface area contributed by atoms with Crippen molar-refractivity contribution >= 4 is 56.5 Å². The minimum atomic E-state index is -0.379. The van der Waals surface area contributed by atoms with Gasteiger partial charge in [-0.15, -0.1) is 11.3 Å². The highest BCUT2D eigenvalue weighted by atomic mass is 35.5. The number of hydrogen-bond acceptors (Lipinski definition) is 6. The van der Waals surface area contributed by atoms with Crippen molar-refractivity contribution in [1.29, 1.82) is 0 Å². The summed E-state index contributed by atoms with van der Waals surface area (Å²) in [4.78, 5) is 22.1. The van der Waals surface area contributed by atoms with E-state index in [0.29, 0.717) is 28.0 Å². The van der Waals surface area contributed by atoms with E-state index < -0.39 is 0 Å². The largest absolute Gasteiger partial charge is 0.465 e. The van der Waals surface area contributed by atoms with Crippen molar-refractivity contribution < 1.29 is 9.53 Å². The molecular weight excluding hydrogens is 441 g/mol. The fourth-order valence-corrected chi connectivity index (χ4v) is 4.29. The van der Waals surface area contributed by atoms with Crippen LogP contribution in [0.25, 0.3) is 21.6 Å². The molecule has 0 saturated heterocycles. The number of nitrogens with one attached hydrogen (secondary N) is 1. The number of esters is 1. The maximum absolute atomic E-state index is 11.7. The second-order valence-electron chi connectivity index (χ2n) is 6.67. The van der Waals surface area contributed by atoms with E-state index in [-0.39, 0.29) is 5.97 Å². The fourth-order valence-electron chi connectivity index (χ4n) is 3.05. The molecule has 0 bridgehead atoms. The van der Waals surface area contributed by atoms with Gasteiger partial charge in [0.05, 0.1) is 28.1 Å². The molecule has 0 spiro atoms. The van der Waals surface area contributed by atoms with Crippen LogP contribution in [0, 0.1) is 6.92 Å². The summed E-state index contributed by atoms with van der Waals surface area (Å²) in [6.07, 6.45) is 0. The number of anilines is 1. The zero-order valence-electron chi connectivity index (χ0n) is 16.2. The Bertz CT molecular complexity index is 1240. The monoisotopic (exact) mass is 457 g/mol. The molecule has 2 heterocycles. The average molecular weight is 458 g/mol. The maximum atomic E-state index is 11.7. The Morgan fingerprint density at radius 1 is 1.10 bits per heavy atom. The molecule has 30 heavy (non-hydrogen) atoms. The number of aryl methyl sites for hydroxylation is 1. The van der Waals surface area contributed by atoms with Gasteiger partial charge >= 0.3 is 5.97 Å². The number of fused-ring (bicyclic) bond motifs is 1. The molecule has 0 aliphatic rings. The van der Waals surface area contributed by atoms with Crippen molar-refractivity contribution in [3.05, 3.63) is 74.6 Å². The first-order chi connectivity index (χ1) is 14.5. The van der Waals surface area contributed by atoms with Crippen LogP contribution in [0.4, 0.5) is 5.82 Å². The second-order valence-corrected chi connectivity index (χ2v) is 8.34. The number of ether oxygens (including phenoxy) is 1. The molecule has 2 aromatic heterocycles. The summed E-state index contributed by atoms with van der Waals surface area (Å²) in [6.45, 7) is 2.58. The third-order valence-electron chi connectivity index (χ3n) is 4.63. The van der Waals surface area contributed by atoms with Crippen LogP contribution in [-0.4, -0.2) is 23.0 Å². The van der Waals surface area contributed by atoms with Crippen molar-refractivity contribution in [1.82, 2.24) is 9.97 Å². The van der Waals surface area contributed by atoms with Crippen molar-refractivity contribution in [3.8, 4) is 11.4 Å². The molecule has 4 aromatic rings. The van der Waals surface area contributed by atoms with E-state index in [4.69, 9.17) is 37.9 Å². The average Bonchev–Trinajstić information content (AvgIpc) is 3.14. The molecule has 1 N–H and O–H groups in total. The van der Waals surface area contributed by atoms with Crippen LogP contribution in [0.3, 0.4) is 0 Å². The Morgan fingerprint density at radius 3 is 2.57 bits per heavy atom. The topological polar surface area (TPSA) is 64.1 Å². The molecule has 152 valence electrons. The molecule has 0 aliphatic heterocycles. The third-order valence-corrected chi connectivity index (χ3v) is 6.35. The molecule has 0 unspecified atom stereocenters. The molecule has 8 heteroatoms. The third kappa shape index (κ3) is 4.12. The molecule has 0 amide bonds. The van der Waals surface area contributed by atoms with Crippen LogP contribution >= 0.6 is 34.5 Å². The van der Waals surface area contributed by atoms with E-state index in [9.17, 15) is 4.79 Å². The highest BCUT2D eigenvalue weighted by molar-refractivity contribution is 7.17. The van der Waals surface area contributed by atoms with Gasteiger partial charge in [0, 0.05) is 12.1 Å². The number of thiophene rings is 1. The fraction of sp³-hybridized carbons (Fsp3) is 0.136. The van der Waals surface area contributed by atoms with Gasteiger partial charge in [-0.3, -0.25) is 0 Å². The van der Waals surface area contributed by atoms with Gasteiger partial charge in [0.2, 0.25) is 0 Å². The Labute approximate surface area is 187 Å². The lowest BCUT2D eigenvalue weighted by molar-refractivity contribution is 0.0601. The zero-order chi connectivity index (χ0) is 21.3. The number of nitrogens with zero attached hydrogens (tertiary/aromatic N) is 2. The lowest BCUT2D eigenvalue weighted by Crippen LogP contribution is -2.04. The molecule has 0 radical (unpaired) electrons. The minimum Gasteiger partial charge on any atom is -0.465 e. The first-order valence-corrected chi connectivity index (χ1v) is 10.7. The van der Waals surface area contributed by atoms with Gasteiger partial charge in [0.15, 0.2) is 5.82 Å². The predicted octanol–water partition coefficient (Wildman–Crippen LogP) is 6.37. The summed E-state index contributed by atoms with van der Waals surface area (Å²) in [5.74, 6) is 0.949. The smallest absolute Gasteiger partial charge is 0.337 e. The van der Waals surface area contributed by atoms with Gasteiger partial charge in [-0.25, -0.2) is 14.8 Å². The van der Waals surface area contributed by atoms with Gasteiger partial charge in [0.25, 0.3) is 0 Å². The van der Waals surface area contributed by atoms with E-state index in [0.717, 1.165) is 32.7 Å². The quantitative estimate of drug-likeness (QED) is 0.352. The van der Waals surface area contributed by atoms with Gasteiger partial charge in [-0.2, -0.15) is 0 Å². The molecule has 0 fully saturated rings. The van der Waals surface area contributed by atoms with Crippen LogP contribution in [0.15, 0.2) is 47.8 Å². The van der Waals surface area contributed by atoms with Crippen LogP contribution < -0.4 is 5.32 Å². The van der Waals surface area contributed by atoms with Crippen molar-refractivity contribution in [2.45, 2.75) is 13.5 Å². The molecule has 4 rings (SSSR count). The maximum Gasteiger partial charge on any atom is 0.337 e. The molecule has 0 atom stereocenters. The van der Waals surface area contributed by atoms with Crippen LogP contribution in [0.5, 0.6) is 0 Å². The van der Waals surface area contributed by atoms with Crippen molar-refractivity contribution in [2.24, 2.45) is 0 Å². The van der Waals surface area contributed by atoms with Gasteiger partial charge in [-0.05, 0) is 47.7 Å². The van der Waals surface area contributed by atoms with E-state index >= 15 is 0 Å². The Kier molecular flexibility index (Phi) is 5.90. The van der Waals surface area contributed by atoms with Crippen molar-refractivity contribution in [3.63, 3.8) is 0 Å². The van der Waals surface area contributed by atoms with E-state index in [1.165, 1.54) is 7.11 Å². The number of benzene rings is 2. The highest BCUT2D eigenvalue weighted by Crippen LogP contribution is 2.32. The van der Waals surface area contributed by atoms with E-state index in [1.54, 1.807) is 29.5 Å². The standard InChI is InChI=1S/C22H17Cl2N3O2S/c1-12-11-30-21-18(12)20(25-10-13-3-8-16(23)17(24)9-13)26-19(27-21)14-4-6-15(7-5-14)22(28)29-2/h3-9,11H,10H2,1-2H3,(H,25,26,27). The number of rotatable bonds is 5. The molecule has 0 aliphatic carbocycles. The van der Waals surface area contributed by atoms with Gasteiger partial charge in [0.1, 0.15) is 10.6 Å². The molecule has 5 nitrogen and oxygen atoms in total. The second kappa shape index (κ2) is 8.60. The van der Waals surface area contributed by atoms with Gasteiger partial charge in [-0.1, -0.05) is 41.4 Å². The van der Waals surface area contributed by atoms with Gasteiger partial charge < -0.3 is 10.1 Å². The Morgan fingerprint density at radius 2 is 1.87 bits per heavy atom. The first-order valence-electron chi connectivity index (χ1n) is 9.08. The zero-order valence-corrected chi connectivity index (χ0v) is 18.5. The number of hydrogen-bond donors (Lipinski definition) is 1. The summed E-state index contributed by atoms with van der Waals surface area (Å²) in [5, 5.41) is 7.50. The molecule has 0 saturated carbocycles. The minimum absolute atomic E-state index is 0.379. The number of methoxy groups -OCH3 is 1. The Balaban J connectivity index is 1.69. The number of carbonyl (C=O) groups is 1. The molecular formula is C22H17Cl2N3O2S. The molecule has 2 aromatic carbocycles. The summed E-state index contributed by atoms with van der Waals surface area (Å²) < 4.78 is 4.75. The first kappa shape index (κ1) is 20.6. The summed E-state index contributed by atoms with van der Waals surface area (Å²) in [7, 11) is 1.36. The predicted molar refractivity (Wildman–Crippen MR) is 123 cm³/mol. The summed E-state index contributed by atoms with van der Waals surface area (Å²) in [6, 6.07) is 12.6. The van der Waals surface area contributed by atoms with Crippen LogP contribution in [-0.2, 0) is 11.3 Å². The summed E-state index contributed by atoms with van der Waals surface area (Å²) >= 11 is 13.7. The van der Waals surface area contributed by atoms with Crippen LogP contribution in [0.1, 0.15) is 21.5 Å². The SMILES string of the molecule is COC(=O)c1ccc(-c2nc(NCc3ccc(Cl)c(Cl)c3)c3c(C)csc3n2)cc1. The normalized spacial score (nSPS) is 10.9.